The van der Waals surface area contributed by atoms with Crippen molar-refractivity contribution in [1.29, 1.82) is 0 Å². The number of benzene rings is 1. The quantitative estimate of drug-likeness (QED) is 0.827. The SMILES string of the molecule is CCC(CC)(C(=O)O)c1cc(C(F)(F)F)ccc1N. The van der Waals surface area contributed by atoms with Gasteiger partial charge in [-0.15, -0.1) is 0 Å². The zero-order chi connectivity index (χ0) is 14.8. The predicted octanol–water partition coefficient (Wildman–Crippen LogP) is 3.43. The number of nitrogens with two attached hydrogens (primary N) is 1. The van der Waals surface area contributed by atoms with E-state index in [1.807, 2.05) is 0 Å². The summed E-state index contributed by atoms with van der Waals surface area (Å²) in [7, 11) is 0. The van der Waals surface area contributed by atoms with Crippen molar-refractivity contribution in [3.63, 3.8) is 0 Å². The molecule has 0 aliphatic rings. The van der Waals surface area contributed by atoms with Crippen LogP contribution in [0.25, 0.3) is 0 Å². The van der Waals surface area contributed by atoms with Gasteiger partial charge in [0.15, 0.2) is 0 Å². The van der Waals surface area contributed by atoms with Crippen molar-refractivity contribution in [3.8, 4) is 0 Å². The van der Waals surface area contributed by atoms with Crippen molar-refractivity contribution >= 4 is 11.7 Å². The van der Waals surface area contributed by atoms with Gasteiger partial charge >= 0.3 is 12.1 Å². The molecular formula is C13H16F3NO2. The maximum atomic E-state index is 12.7. The third kappa shape index (κ3) is 2.67. The normalized spacial score (nSPS) is 12.5. The zero-order valence-corrected chi connectivity index (χ0v) is 10.7. The maximum Gasteiger partial charge on any atom is 0.416 e. The Kier molecular flexibility index (Phi) is 4.12. The average molecular weight is 275 g/mol. The van der Waals surface area contributed by atoms with Gasteiger partial charge in [0.2, 0.25) is 0 Å². The molecule has 3 N–H and O–H groups in total. The van der Waals surface area contributed by atoms with Crippen molar-refractivity contribution in [2.24, 2.45) is 0 Å². The number of carboxylic acid groups (broad SMARTS) is 1. The lowest BCUT2D eigenvalue weighted by atomic mass is 9.74. The third-order valence-corrected chi connectivity index (χ3v) is 3.51. The van der Waals surface area contributed by atoms with Gasteiger partial charge in [0.1, 0.15) is 0 Å². The van der Waals surface area contributed by atoms with Gasteiger partial charge in [0.05, 0.1) is 11.0 Å². The predicted molar refractivity (Wildman–Crippen MR) is 65.8 cm³/mol. The highest BCUT2D eigenvalue weighted by molar-refractivity contribution is 5.83. The number of nitrogen functional groups attached to an aromatic ring is 1. The van der Waals surface area contributed by atoms with Gasteiger partial charge in [-0.3, -0.25) is 4.79 Å². The highest BCUT2D eigenvalue weighted by atomic mass is 19.4. The summed E-state index contributed by atoms with van der Waals surface area (Å²) in [5.41, 5.74) is 3.50. The molecular weight excluding hydrogens is 259 g/mol. The Labute approximate surface area is 109 Å². The summed E-state index contributed by atoms with van der Waals surface area (Å²) in [6, 6.07) is 2.81. The number of aliphatic carboxylic acids is 1. The van der Waals surface area contributed by atoms with E-state index < -0.39 is 23.1 Å². The number of hydrogen-bond donors (Lipinski definition) is 2. The van der Waals surface area contributed by atoms with Crippen molar-refractivity contribution in [3.05, 3.63) is 29.3 Å². The number of halogens is 3. The Morgan fingerprint density at radius 3 is 2.16 bits per heavy atom. The van der Waals surface area contributed by atoms with Crippen LogP contribution in [0.15, 0.2) is 18.2 Å². The minimum Gasteiger partial charge on any atom is -0.481 e. The van der Waals surface area contributed by atoms with Crippen LogP contribution < -0.4 is 5.73 Å². The van der Waals surface area contributed by atoms with Crippen LogP contribution in [0.4, 0.5) is 18.9 Å². The number of anilines is 1. The fourth-order valence-electron chi connectivity index (χ4n) is 2.20. The standard InChI is InChI=1S/C13H16F3NO2/c1-3-12(4-2,11(18)19)9-7-8(13(14,15)16)5-6-10(9)17/h5-7H,3-4,17H2,1-2H3,(H,18,19). The highest BCUT2D eigenvalue weighted by Gasteiger charge is 2.40. The molecule has 0 bridgehead atoms. The second-order valence-corrected chi connectivity index (χ2v) is 4.39. The van der Waals surface area contributed by atoms with Crippen molar-refractivity contribution < 1.29 is 23.1 Å². The first kappa shape index (κ1) is 15.3. The van der Waals surface area contributed by atoms with Crippen LogP contribution in [0.5, 0.6) is 0 Å². The molecule has 0 atom stereocenters. The van der Waals surface area contributed by atoms with Crippen molar-refractivity contribution in [2.75, 3.05) is 5.73 Å². The highest BCUT2D eigenvalue weighted by Crippen LogP contribution is 2.39. The number of carbonyl (C=O) groups is 1. The molecule has 1 aromatic rings. The number of alkyl halides is 3. The van der Waals surface area contributed by atoms with Crippen molar-refractivity contribution in [1.82, 2.24) is 0 Å². The molecule has 0 heterocycles. The van der Waals surface area contributed by atoms with E-state index in [4.69, 9.17) is 5.73 Å². The molecule has 6 heteroatoms. The van der Waals surface area contributed by atoms with E-state index in [1.54, 1.807) is 13.8 Å². The molecule has 3 nitrogen and oxygen atoms in total. The third-order valence-electron chi connectivity index (χ3n) is 3.51. The van der Waals surface area contributed by atoms with E-state index in [-0.39, 0.29) is 24.1 Å². The molecule has 0 aliphatic heterocycles. The van der Waals surface area contributed by atoms with E-state index in [0.29, 0.717) is 0 Å². The zero-order valence-electron chi connectivity index (χ0n) is 10.7. The van der Waals surface area contributed by atoms with Gasteiger partial charge in [-0.05, 0) is 36.6 Å². The Bertz CT molecular complexity index is 479. The van der Waals surface area contributed by atoms with Gasteiger partial charge in [0, 0.05) is 5.69 Å². The fraction of sp³-hybridized carbons (Fsp3) is 0.462. The lowest BCUT2D eigenvalue weighted by molar-refractivity contribution is -0.144. The van der Waals surface area contributed by atoms with Crippen LogP contribution in [0, 0.1) is 0 Å². The van der Waals surface area contributed by atoms with Gasteiger partial charge in [0.25, 0.3) is 0 Å². The molecule has 0 aromatic heterocycles. The summed E-state index contributed by atoms with van der Waals surface area (Å²) in [6.07, 6.45) is -4.18. The van der Waals surface area contributed by atoms with Crippen LogP contribution in [-0.4, -0.2) is 11.1 Å². The van der Waals surface area contributed by atoms with Crippen LogP contribution in [0.2, 0.25) is 0 Å². The molecule has 0 unspecified atom stereocenters. The Balaban J connectivity index is 3.51. The first-order valence-corrected chi connectivity index (χ1v) is 5.89. The smallest absolute Gasteiger partial charge is 0.416 e. The monoisotopic (exact) mass is 275 g/mol. The minimum atomic E-state index is -4.52. The molecule has 19 heavy (non-hydrogen) atoms. The van der Waals surface area contributed by atoms with Gasteiger partial charge in [-0.1, -0.05) is 13.8 Å². The Morgan fingerprint density at radius 1 is 1.26 bits per heavy atom. The van der Waals surface area contributed by atoms with E-state index in [0.717, 1.165) is 18.2 Å². The summed E-state index contributed by atoms with van der Waals surface area (Å²) in [6.45, 7) is 3.24. The van der Waals surface area contributed by atoms with Gasteiger partial charge < -0.3 is 10.8 Å². The van der Waals surface area contributed by atoms with Crippen molar-refractivity contribution in [2.45, 2.75) is 38.3 Å². The first-order chi connectivity index (χ1) is 8.69. The van der Waals surface area contributed by atoms with E-state index >= 15 is 0 Å². The molecule has 0 radical (unpaired) electrons. The second-order valence-electron chi connectivity index (χ2n) is 4.39. The fourth-order valence-corrected chi connectivity index (χ4v) is 2.20. The minimum absolute atomic E-state index is 0.0276. The number of rotatable bonds is 4. The molecule has 1 rings (SSSR count). The summed E-state index contributed by atoms with van der Waals surface area (Å²) in [4.78, 5) is 11.5. The molecule has 0 saturated heterocycles. The van der Waals surface area contributed by atoms with E-state index in [1.165, 1.54) is 0 Å². The Hall–Kier alpha value is -1.72. The second kappa shape index (κ2) is 5.11. The molecule has 0 fully saturated rings. The van der Waals surface area contributed by atoms with Crippen LogP contribution in [0.3, 0.4) is 0 Å². The molecule has 0 aliphatic carbocycles. The number of hydrogen-bond acceptors (Lipinski definition) is 2. The molecule has 0 spiro atoms. The summed E-state index contributed by atoms with van der Waals surface area (Å²) < 4.78 is 38.1. The van der Waals surface area contributed by atoms with E-state index in [9.17, 15) is 23.1 Å². The maximum absolute atomic E-state index is 12.7. The van der Waals surface area contributed by atoms with Crippen LogP contribution in [-0.2, 0) is 16.4 Å². The molecule has 1 aromatic carbocycles. The van der Waals surface area contributed by atoms with E-state index in [2.05, 4.69) is 0 Å². The topological polar surface area (TPSA) is 63.3 Å². The summed E-state index contributed by atoms with van der Waals surface area (Å²) in [5.74, 6) is -1.16. The van der Waals surface area contributed by atoms with Crippen LogP contribution in [0.1, 0.15) is 37.8 Å². The molecule has 0 saturated carbocycles. The number of carboxylic acids is 1. The first-order valence-electron chi connectivity index (χ1n) is 5.89. The van der Waals surface area contributed by atoms with Gasteiger partial charge in [-0.25, -0.2) is 0 Å². The largest absolute Gasteiger partial charge is 0.481 e. The summed E-state index contributed by atoms with van der Waals surface area (Å²) >= 11 is 0. The summed E-state index contributed by atoms with van der Waals surface area (Å²) in [5, 5.41) is 9.36. The lowest BCUT2D eigenvalue weighted by Gasteiger charge is -2.29. The van der Waals surface area contributed by atoms with Gasteiger partial charge in [-0.2, -0.15) is 13.2 Å². The lowest BCUT2D eigenvalue weighted by Crippen LogP contribution is -2.35. The molecule has 106 valence electrons. The van der Waals surface area contributed by atoms with Crippen LogP contribution >= 0.6 is 0 Å². The molecule has 0 amide bonds. The average Bonchev–Trinajstić information content (AvgIpc) is 2.31. The Morgan fingerprint density at radius 2 is 1.79 bits per heavy atom.